The normalized spacial score (nSPS) is 11.6. The molecule has 1 aromatic heterocycles. The van der Waals surface area contributed by atoms with E-state index in [1.807, 2.05) is 0 Å². The molecule has 1 amide bonds. The molecule has 0 fully saturated rings. The lowest BCUT2D eigenvalue weighted by Gasteiger charge is -2.17. The second-order valence-electron chi connectivity index (χ2n) is 6.96. The lowest BCUT2D eigenvalue weighted by atomic mass is 10.2. The van der Waals surface area contributed by atoms with Gasteiger partial charge in [-0.15, -0.1) is 0 Å². The third kappa shape index (κ3) is 6.23. The van der Waals surface area contributed by atoms with Crippen molar-refractivity contribution in [1.29, 1.82) is 0 Å². The first-order valence-corrected chi connectivity index (χ1v) is 11.5. The van der Waals surface area contributed by atoms with Crippen LogP contribution in [0.5, 0.6) is 5.75 Å². The number of hydrogen-bond donors (Lipinski definition) is 1. The summed E-state index contributed by atoms with van der Waals surface area (Å²) in [6.45, 7) is 0.390. The Morgan fingerprint density at radius 2 is 1.94 bits per heavy atom. The van der Waals surface area contributed by atoms with E-state index in [0.717, 1.165) is 5.56 Å². The molecule has 0 atom stereocenters. The Labute approximate surface area is 192 Å². The van der Waals surface area contributed by atoms with Gasteiger partial charge in [-0.3, -0.25) is 4.79 Å². The monoisotopic (exact) mass is 474 g/mol. The predicted octanol–water partition coefficient (Wildman–Crippen LogP) is 4.09. The minimum atomic E-state index is -3.67. The van der Waals surface area contributed by atoms with Crippen LogP contribution in [0.2, 0.25) is 5.02 Å². The van der Waals surface area contributed by atoms with E-state index in [9.17, 15) is 13.2 Å². The molecule has 0 saturated carbocycles. The first-order valence-electron chi connectivity index (χ1n) is 9.66. The van der Waals surface area contributed by atoms with Gasteiger partial charge in [0.15, 0.2) is 0 Å². The van der Waals surface area contributed by atoms with Gasteiger partial charge >= 0.3 is 0 Å². The van der Waals surface area contributed by atoms with E-state index in [1.54, 1.807) is 62.7 Å². The fourth-order valence-electron chi connectivity index (χ4n) is 2.92. The molecule has 0 bridgehead atoms. The molecule has 0 aliphatic heterocycles. The summed E-state index contributed by atoms with van der Waals surface area (Å²) in [5.74, 6) is 0.950. The Kier molecular flexibility index (Phi) is 7.74. The number of amides is 1. The summed E-state index contributed by atoms with van der Waals surface area (Å²) in [5, 5.41) is 0.561. The number of hydrogen-bond acceptors (Lipinski definition) is 5. The van der Waals surface area contributed by atoms with Crippen molar-refractivity contribution < 1.29 is 22.4 Å². The summed E-state index contributed by atoms with van der Waals surface area (Å²) in [6.07, 6.45) is 4.53. The third-order valence-electron chi connectivity index (χ3n) is 4.65. The summed E-state index contributed by atoms with van der Waals surface area (Å²) in [7, 11) is -0.440. The minimum absolute atomic E-state index is 0.0647. The first-order chi connectivity index (χ1) is 15.3. The van der Waals surface area contributed by atoms with E-state index >= 15 is 0 Å². The predicted molar refractivity (Wildman–Crippen MR) is 123 cm³/mol. The zero-order chi connectivity index (χ0) is 23.1. The van der Waals surface area contributed by atoms with Crippen molar-refractivity contribution in [3.05, 3.63) is 88.8 Å². The summed E-state index contributed by atoms with van der Waals surface area (Å²) in [5.41, 5.74) is 1.48. The van der Waals surface area contributed by atoms with Crippen LogP contribution in [0.25, 0.3) is 6.08 Å². The lowest BCUT2D eigenvalue weighted by Crippen LogP contribution is -2.24. The van der Waals surface area contributed by atoms with Crippen molar-refractivity contribution in [3.8, 4) is 5.75 Å². The molecule has 3 aromatic rings. The van der Waals surface area contributed by atoms with Crippen LogP contribution in [0.4, 0.5) is 0 Å². The molecule has 3 rings (SSSR count). The Bertz CT molecular complexity index is 1190. The lowest BCUT2D eigenvalue weighted by molar-refractivity contribution is -0.125. The highest BCUT2D eigenvalue weighted by molar-refractivity contribution is 7.89. The largest absolute Gasteiger partial charge is 0.496 e. The highest BCUT2D eigenvalue weighted by Crippen LogP contribution is 2.24. The van der Waals surface area contributed by atoms with Crippen molar-refractivity contribution >= 4 is 33.6 Å². The molecule has 2 aromatic carbocycles. The summed E-state index contributed by atoms with van der Waals surface area (Å²) >= 11 is 6.04. The van der Waals surface area contributed by atoms with Gasteiger partial charge in [0.1, 0.15) is 11.5 Å². The molecule has 0 aliphatic carbocycles. The van der Waals surface area contributed by atoms with Crippen LogP contribution >= 0.6 is 11.6 Å². The SMILES string of the molecule is COc1ccc(Cl)cc1CN(C)C(=O)/C=C/c1ccc(S(=O)(=O)NCc2ccco2)cc1. The Morgan fingerprint density at radius 3 is 2.59 bits per heavy atom. The highest BCUT2D eigenvalue weighted by atomic mass is 35.5. The van der Waals surface area contributed by atoms with E-state index in [2.05, 4.69) is 4.72 Å². The van der Waals surface area contributed by atoms with Gasteiger partial charge in [0.05, 0.1) is 24.8 Å². The van der Waals surface area contributed by atoms with Crippen LogP contribution in [-0.2, 0) is 27.9 Å². The smallest absolute Gasteiger partial charge is 0.246 e. The minimum Gasteiger partial charge on any atom is -0.496 e. The number of benzene rings is 2. The number of nitrogens with zero attached hydrogens (tertiary/aromatic N) is 1. The molecular formula is C23H23ClN2O5S. The maximum absolute atomic E-state index is 12.5. The van der Waals surface area contributed by atoms with Gasteiger partial charge in [0.2, 0.25) is 15.9 Å². The maximum atomic E-state index is 12.5. The topological polar surface area (TPSA) is 88.8 Å². The molecule has 0 radical (unpaired) electrons. The molecule has 0 aliphatic rings. The van der Waals surface area contributed by atoms with Crippen molar-refractivity contribution in [1.82, 2.24) is 9.62 Å². The Hall–Kier alpha value is -3.07. The molecular weight excluding hydrogens is 452 g/mol. The zero-order valence-corrected chi connectivity index (χ0v) is 19.2. The van der Waals surface area contributed by atoms with Gasteiger partial charge in [-0.25, -0.2) is 13.1 Å². The number of likely N-dealkylation sites (N-methyl/N-ethyl adjacent to an activating group) is 1. The molecule has 9 heteroatoms. The van der Waals surface area contributed by atoms with Crippen LogP contribution in [-0.4, -0.2) is 33.4 Å². The number of sulfonamides is 1. The van der Waals surface area contributed by atoms with E-state index in [4.69, 9.17) is 20.8 Å². The quantitative estimate of drug-likeness (QED) is 0.472. The van der Waals surface area contributed by atoms with Gasteiger partial charge in [-0.1, -0.05) is 23.7 Å². The first kappa shape index (κ1) is 23.6. The second-order valence-corrected chi connectivity index (χ2v) is 9.16. The van der Waals surface area contributed by atoms with Crippen LogP contribution in [0.15, 0.2) is 76.2 Å². The molecule has 32 heavy (non-hydrogen) atoms. The number of halogens is 1. The average molecular weight is 475 g/mol. The maximum Gasteiger partial charge on any atom is 0.246 e. The number of rotatable bonds is 9. The number of nitrogens with one attached hydrogen (secondary N) is 1. The fourth-order valence-corrected chi connectivity index (χ4v) is 4.11. The van der Waals surface area contributed by atoms with Gasteiger partial charge < -0.3 is 14.1 Å². The Morgan fingerprint density at radius 1 is 1.19 bits per heavy atom. The molecule has 0 spiro atoms. The van der Waals surface area contributed by atoms with E-state index in [1.165, 1.54) is 29.4 Å². The molecule has 168 valence electrons. The van der Waals surface area contributed by atoms with Crippen molar-refractivity contribution in [2.75, 3.05) is 14.2 Å². The molecule has 7 nitrogen and oxygen atoms in total. The number of carbonyl (C=O) groups is 1. The fraction of sp³-hybridized carbons (Fsp3) is 0.174. The third-order valence-corrected chi connectivity index (χ3v) is 6.30. The summed E-state index contributed by atoms with van der Waals surface area (Å²) in [4.78, 5) is 14.1. The average Bonchev–Trinajstić information content (AvgIpc) is 3.30. The number of methoxy groups -OCH3 is 1. The van der Waals surface area contributed by atoms with E-state index in [-0.39, 0.29) is 17.3 Å². The highest BCUT2D eigenvalue weighted by Gasteiger charge is 2.14. The second kappa shape index (κ2) is 10.5. The van der Waals surface area contributed by atoms with Gasteiger partial charge in [-0.2, -0.15) is 0 Å². The van der Waals surface area contributed by atoms with Gasteiger partial charge in [0.25, 0.3) is 0 Å². The molecule has 1 N–H and O–H groups in total. The van der Waals surface area contributed by atoms with E-state index in [0.29, 0.717) is 28.6 Å². The van der Waals surface area contributed by atoms with Crippen molar-refractivity contribution in [2.24, 2.45) is 0 Å². The van der Waals surface area contributed by atoms with Crippen LogP contribution in [0.3, 0.4) is 0 Å². The number of carbonyl (C=O) groups excluding carboxylic acids is 1. The number of furan rings is 1. The molecule has 0 unspecified atom stereocenters. The molecule has 1 heterocycles. The van der Waals surface area contributed by atoms with E-state index < -0.39 is 10.0 Å². The van der Waals surface area contributed by atoms with Crippen LogP contribution < -0.4 is 9.46 Å². The van der Waals surface area contributed by atoms with Crippen LogP contribution in [0, 0.1) is 0 Å². The summed E-state index contributed by atoms with van der Waals surface area (Å²) < 4.78 is 37.7. The zero-order valence-electron chi connectivity index (χ0n) is 17.6. The van der Waals surface area contributed by atoms with Gasteiger partial charge in [0, 0.05) is 30.3 Å². The van der Waals surface area contributed by atoms with Crippen molar-refractivity contribution in [3.63, 3.8) is 0 Å². The van der Waals surface area contributed by atoms with Crippen LogP contribution in [0.1, 0.15) is 16.9 Å². The Balaban J connectivity index is 1.61. The standard InChI is InChI=1S/C23H23ClN2O5S/c1-26(16-18-14-19(24)8-11-22(18)30-2)23(27)12-7-17-5-9-21(10-6-17)32(28,29)25-15-20-4-3-13-31-20/h3-14,25H,15-16H2,1-2H3/b12-7+. The summed E-state index contributed by atoms with van der Waals surface area (Å²) in [6, 6.07) is 14.8. The van der Waals surface area contributed by atoms with Gasteiger partial charge in [-0.05, 0) is 54.1 Å². The van der Waals surface area contributed by atoms with Crippen molar-refractivity contribution in [2.45, 2.75) is 18.0 Å². The molecule has 0 saturated heterocycles. The number of ether oxygens (including phenoxy) is 1.